The molecule has 0 atom stereocenters. The van der Waals surface area contributed by atoms with Crippen molar-refractivity contribution < 1.29 is 22.8 Å². The molecule has 8 heteroatoms. The summed E-state index contributed by atoms with van der Waals surface area (Å²) in [7, 11) is 3.77. The van der Waals surface area contributed by atoms with Crippen LogP contribution in [-0.2, 0) is 16.1 Å². The van der Waals surface area contributed by atoms with Gasteiger partial charge in [-0.1, -0.05) is 0 Å². The number of carbonyl (C=O) groups excluding carboxylic acids is 1. The number of amides is 1. The SMILES string of the molecule is CN(C)CCON1C(=O)CCc2cc(SC(F)(F)F)ccc21. The number of anilines is 1. The summed E-state index contributed by atoms with van der Waals surface area (Å²) in [5, 5.41) is 1.20. The molecule has 1 aliphatic rings. The number of hydrogen-bond acceptors (Lipinski definition) is 4. The maximum atomic E-state index is 12.4. The van der Waals surface area contributed by atoms with Crippen LogP contribution < -0.4 is 5.06 Å². The molecule has 122 valence electrons. The van der Waals surface area contributed by atoms with E-state index in [2.05, 4.69) is 0 Å². The summed E-state index contributed by atoms with van der Waals surface area (Å²) in [5.41, 5.74) is -3.10. The van der Waals surface area contributed by atoms with Gasteiger partial charge in [-0.25, -0.2) is 0 Å². The molecule has 0 spiro atoms. The molecule has 4 nitrogen and oxygen atoms in total. The Hall–Kier alpha value is -1.25. The van der Waals surface area contributed by atoms with Crippen LogP contribution in [0.2, 0.25) is 0 Å². The average molecular weight is 334 g/mol. The van der Waals surface area contributed by atoms with Crippen LogP contribution in [-0.4, -0.2) is 43.6 Å². The van der Waals surface area contributed by atoms with Crippen LogP contribution in [0.15, 0.2) is 23.1 Å². The minimum Gasteiger partial charge on any atom is -0.307 e. The van der Waals surface area contributed by atoms with Crippen LogP contribution in [0.1, 0.15) is 12.0 Å². The number of fused-ring (bicyclic) bond motifs is 1. The minimum atomic E-state index is -4.32. The lowest BCUT2D eigenvalue weighted by Crippen LogP contribution is -2.37. The van der Waals surface area contributed by atoms with Gasteiger partial charge in [-0.3, -0.25) is 9.63 Å². The van der Waals surface area contributed by atoms with Gasteiger partial charge in [-0.2, -0.15) is 18.2 Å². The van der Waals surface area contributed by atoms with Crippen molar-refractivity contribution >= 4 is 23.4 Å². The third kappa shape index (κ3) is 4.62. The first kappa shape index (κ1) is 17.1. The number of nitrogens with zero attached hydrogens (tertiary/aromatic N) is 2. The van der Waals surface area contributed by atoms with Gasteiger partial charge >= 0.3 is 5.51 Å². The quantitative estimate of drug-likeness (QED) is 0.775. The predicted molar refractivity (Wildman–Crippen MR) is 78.7 cm³/mol. The molecule has 1 aromatic carbocycles. The lowest BCUT2D eigenvalue weighted by molar-refractivity contribution is -0.126. The molecule has 0 fully saturated rings. The second-order valence-corrected chi connectivity index (χ2v) is 6.30. The highest BCUT2D eigenvalue weighted by molar-refractivity contribution is 8.00. The van der Waals surface area contributed by atoms with Crippen molar-refractivity contribution in [3.63, 3.8) is 0 Å². The molecule has 1 aromatic rings. The molecule has 0 radical (unpaired) electrons. The summed E-state index contributed by atoms with van der Waals surface area (Å²) in [6.07, 6.45) is 0.656. The smallest absolute Gasteiger partial charge is 0.307 e. The van der Waals surface area contributed by atoms with Gasteiger partial charge in [0.1, 0.15) is 0 Å². The molecule has 0 saturated carbocycles. The van der Waals surface area contributed by atoms with Crippen molar-refractivity contribution in [1.29, 1.82) is 0 Å². The molecule has 1 amide bonds. The summed E-state index contributed by atoms with van der Waals surface area (Å²) in [5.74, 6) is -0.178. The first-order chi connectivity index (χ1) is 10.3. The van der Waals surface area contributed by atoms with Crippen molar-refractivity contribution in [3.05, 3.63) is 23.8 Å². The summed E-state index contributed by atoms with van der Waals surface area (Å²) in [4.78, 5) is 19.5. The summed E-state index contributed by atoms with van der Waals surface area (Å²) in [6.45, 7) is 0.971. The van der Waals surface area contributed by atoms with Crippen LogP contribution >= 0.6 is 11.8 Å². The van der Waals surface area contributed by atoms with E-state index in [1.54, 1.807) is 0 Å². The van der Waals surface area contributed by atoms with Gasteiger partial charge in [0.25, 0.3) is 5.91 Å². The van der Waals surface area contributed by atoms with E-state index in [4.69, 9.17) is 4.84 Å². The highest BCUT2D eigenvalue weighted by Crippen LogP contribution is 2.39. The van der Waals surface area contributed by atoms with Crippen molar-refractivity contribution in [1.82, 2.24) is 4.90 Å². The summed E-state index contributed by atoms with van der Waals surface area (Å²) in [6, 6.07) is 4.34. The number of carbonyl (C=O) groups is 1. The van der Waals surface area contributed by atoms with E-state index in [-0.39, 0.29) is 29.0 Å². The van der Waals surface area contributed by atoms with Crippen molar-refractivity contribution in [2.45, 2.75) is 23.2 Å². The molecule has 2 rings (SSSR count). The van der Waals surface area contributed by atoms with Gasteiger partial charge in [0.15, 0.2) is 0 Å². The van der Waals surface area contributed by atoms with Crippen LogP contribution in [0.4, 0.5) is 18.9 Å². The molecule has 1 heterocycles. The number of thioether (sulfide) groups is 1. The van der Waals surface area contributed by atoms with Crippen molar-refractivity contribution in [2.75, 3.05) is 32.3 Å². The Morgan fingerprint density at radius 3 is 2.68 bits per heavy atom. The molecule has 0 bridgehead atoms. The monoisotopic (exact) mass is 334 g/mol. The topological polar surface area (TPSA) is 32.8 Å². The fourth-order valence-corrected chi connectivity index (χ4v) is 2.70. The van der Waals surface area contributed by atoms with E-state index in [9.17, 15) is 18.0 Å². The van der Waals surface area contributed by atoms with Gasteiger partial charge in [0, 0.05) is 17.9 Å². The Balaban J connectivity index is 2.14. The molecule has 0 aromatic heterocycles. The number of halogens is 3. The number of alkyl halides is 3. The second kappa shape index (κ2) is 6.89. The molecule has 0 N–H and O–H groups in total. The minimum absolute atomic E-state index is 0.119. The summed E-state index contributed by atoms with van der Waals surface area (Å²) >= 11 is -0.154. The van der Waals surface area contributed by atoms with Gasteiger partial charge < -0.3 is 4.90 Å². The number of hydrogen-bond donors (Lipinski definition) is 0. The van der Waals surface area contributed by atoms with Gasteiger partial charge in [0.05, 0.1) is 12.3 Å². The highest BCUT2D eigenvalue weighted by atomic mass is 32.2. The summed E-state index contributed by atoms with van der Waals surface area (Å²) < 4.78 is 37.3. The molecule has 0 aliphatic carbocycles. The van der Waals surface area contributed by atoms with Crippen LogP contribution in [0, 0.1) is 0 Å². The third-order valence-corrected chi connectivity index (χ3v) is 3.82. The Morgan fingerprint density at radius 1 is 1.32 bits per heavy atom. The number of likely N-dealkylation sites (N-methyl/N-ethyl adjacent to an activating group) is 1. The predicted octanol–water partition coefficient (Wildman–Crippen LogP) is 3.07. The molecule has 0 saturated heterocycles. The number of aryl methyl sites for hydroxylation is 1. The van der Waals surface area contributed by atoms with E-state index < -0.39 is 5.51 Å². The highest BCUT2D eigenvalue weighted by Gasteiger charge is 2.31. The second-order valence-electron chi connectivity index (χ2n) is 5.16. The maximum absolute atomic E-state index is 12.4. The first-order valence-electron chi connectivity index (χ1n) is 6.75. The molecule has 22 heavy (non-hydrogen) atoms. The van der Waals surface area contributed by atoms with Gasteiger partial charge in [-0.05, 0) is 56.0 Å². The molecule has 0 unspecified atom stereocenters. The lowest BCUT2D eigenvalue weighted by Gasteiger charge is -2.29. The fraction of sp³-hybridized carbons (Fsp3) is 0.500. The standard InChI is InChI=1S/C14H17F3N2O2S/c1-18(2)7-8-21-19-12-5-4-11(22-14(15,16)17)9-10(12)3-6-13(19)20/h4-5,9H,3,6-8H2,1-2H3. The Kier molecular flexibility index (Phi) is 5.36. The molecular weight excluding hydrogens is 317 g/mol. The fourth-order valence-electron chi connectivity index (χ4n) is 2.09. The number of rotatable bonds is 5. The van der Waals surface area contributed by atoms with E-state index in [1.807, 2.05) is 19.0 Å². The van der Waals surface area contributed by atoms with Gasteiger partial charge in [0.2, 0.25) is 0 Å². The zero-order valence-electron chi connectivity index (χ0n) is 12.3. The largest absolute Gasteiger partial charge is 0.446 e. The Morgan fingerprint density at radius 2 is 2.05 bits per heavy atom. The first-order valence-corrected chi connectivity index (χ1v) is 7.57. The Bertz CT molecular complexity index is 549. The number of hydroxylamine groups is 1. The van der Waals surface area contributed by atoms with E-state index in [1.165, 1.54) is 23.3 Å². The Labute approximate surface area is 131 Å². The van der Waals surface area contributed by atoms with E-state index in [0.717, 1.165) is 0 Å². The number of benzene rings is 1. The van der Waals surface area contributed by atoms with Crippen LogP contribution in [0.25, 0.3) is 0 Å². The van der Waals surface area contributed by atoms with E-state index >= 15 is 0 Å². The van der Waals surface area contributed by atoms with Gasteiger partial charge in [-0.15, -0.1) is 0 Å². The van der Waals surface area contributed by atoms with Crippen LogP contribution in [0.5, 0.6) is 0 Å². The zero-order valence-corrected chi connectivity index (χ0v) is 13.1. The van der Waals surface area contributed by atoms with Crippen molar-refractivity contribution in [3.8, 4) is 0 Å². The zero-order chi connectivity index (χ0) is 16.3. The van der Waals surface area contributed by atoms with Crippen LogP contribution in [0.3, 0.4) is 0 Å². The normalized spacial score (nSPS) is 15.4. The molecule has 1 aliphatic heterocycles. The lowest BCUT2D eigenvalue weighted by atomic mass is 10.0. The maximum Gasteiger partial charge on any atom is 0.446 e. The van der Waals surface area contributed by atoms with Crippen molar-refractivity contribution in [2.24, 2.45) is 0 Å². The molecular formula is C14H17F3N2O2S. The third-order valence-electron chi connectivity index (χ3n) is 3.10. The van der Waals surface area contributed by atoms with E-state index in [0.29, 0.717) is 30.8 Å². The average Bonchev–Trinajstić information content (AvgIpc) is 2.39.